The van der Waals surface area contributed by atoms with Gasteiger partial charge in [-0.3, -0.25) is 4.79 Å². The van der Waals surface area contributed by atoms with E-state index in [2.05, 4.69) is 9.47 Å². The van der Waals surface area contributed by atoms with Crippen LogP contribution in [0.1, 0.15) is 24.2 Å². The number of halogens is 3. The Morgan fingerprint density at radius 1 is 1.09 bits per heavy atom. The van der Waals surface area contributed by atoms with Gasteiger partial charge in [0.05, 0.1) is 6.61 Å². The summed E-state index contributed by atoms with van der Waals surface area (Å²) in [7, 11) is 0. The number of amides is 1. The fourth-order valence-electron chi connectivity index (χ4n) is 1.69. The minimum absolute atomic E-state index is 0.0415. The van der Waals surface area contributed by atoms with E-state index in [1.807, 2.05) is 0 Å². The molecule has 122 valence electrons. The van der Waals surface area contributed by atoms with Crippen molar-refractivity contribution in [2.24, 2.45) is 0 Å². The smallest absolute Gasteiger partial charge is 0.448 e. The number of benzene rings is 1. The first kappa shape index (κ1) is 18.0. The van der Waals surface area contributed by atoms with E-state index < -0.39 is 30.4 Å². The molecule has 1 rings (SSSR count). The van der Waals surface area contributed by atoms with Crippen LogP contribution in [-0.2, 0) is 14.3 Å². The molecule has 1 aromatic rings. The average Bonchev–Trinajstić information content (AvgIpc) is 2.46. The summed E-state index contributed by atoms with van der Waals surface area (Å²) in [6.07, 6.45) is -5.18. The van der Waals surface area contributed by atoms with Gasteiger partial charge in [-0.2, -0.15) is 13.2 Å². The third kappa shape index (κ3) is 3.76. The second kappa shape index (κ2) is 7.26. The molecule has 0 saturated carbocycles. The number of alkyl halides is 3. The molecule has 0 heterocycles. The lowest BCUT2D eigenvalue weighted by atomic mass is 10.1. The van der Waals surface area contributed by atoms with Gasteiger partial charge in [-0.25, -0.2) is 4.79 Å². The normalized spacial score (nSPS) is 14.0. The third-order valence-electron chi connectivity index (χ3n) is 2.65. The van der Waals surface area contributed by atoms with Crippen molar-refractivity contribution in [1.29, 1.82) is 0 Å². The van der Waals surface area contributed by atoms with Crippen molar-refractivity contribution in [2.45, 2.75) is 25.7 Å². The van der Waals surface area contributed by atoms with E-state index in [1.165, 1.54) is 38.1 Å². The Morgan fingerprint density at radius 2 is 1.68 bits per heavy atom. The summed E-state index contributed by atoms with van der Waals surface area (Å²) < 4.78 is 49.1. The SMILES string of the molecule is CCOC(=O)[C@@](NC(=O)c1ccccc1)(OCC)C(F)(F)F. The minimum Gasteiger partial charge on any atom is -0.462 e. The van der Waals surface area contributed by atoms with Crippen molar-refractivity contribution >= 4 is 11.9 Å². The zero-order chi connectivity index (χ0) is 16.8. The van der Waals surface area contributed by atoms with E-state index in [9.17, 15) is 22.8 Å². The van der Waals surface area contributed by atoms with Gasteiger partial charge in [-0.1, -0.05) is 18.2 Å². The Morgan fingerprint density at radius 3 is 2.14 bits per heavy atom. The number of hydrogen-bond acceptors (Lipinski definition) is 4. The summed E-state index contributed by atoms with van der Waals surface area (Å²) in [6.45, 7) is 1.89. The predicted octanol–water partition coefficient (Wildman–Crippen LogP) is 2.27. The van der Waals surface area contributed by atoms with E-state index in [0.717, 1.165) is 0 Å². The number of carbonyl (C=O) groups excluding carboxylic acids is 2. The second-order valence-electron chi connectivity index (χ2n) is 4.15. The summed E-state index contributed by atoms with van der Waals surface area (Å²) in [4.78, 5) is 23.8. The summed E-state index contributed by atoms with van der Waals surface area (Å²) >= 11 is 0. The highest BCUT2D eigenvalue weighted by atomic mass is 19.4. The van der Waals surface area contributed by atoms with Crippen LogP contribution < -0.4 is 5.32 Å². The molecule has 0 aromatic heterocycles. The molecule has 1 aromatic carbocycles. The Kier molecular flexibility index (Phi) is 5.92. The van der Waals surface area contributed by atoms with E-state index in [0.29, 0.717) is 0 Å². The van der Waals surface area contributed by atoms with Crippen molar-refractivity contribution in [1.82, 2.24) is 5.32 Å². The van der Waals surface area contributed by atoms with Gasteiger partial charge in [0.1, 0.15) is 0 Å². The molecule has 1 amide bonds. The summed E-state index contributed by atoms with van der Waals surface area (Å²) in [5, 5.41) is 1.61. The summed E-state index contributed by atoms with van der Waals surface area (Å²) in [5.74, 6) is -2.81. The second-order valence-corrected chi connectivity index (χ2v) is 4.15. The zero-order valence-corrected chi connectivity index (χ0v) is 12.1. The predicted molar refractivity (Wildman–Crippen MR) is 71.0 cm³/mol. The lowest BCUT2D eigenvalue weighted by molar-refractivity contribution is -0.283. The van der Waals surface area contributed by atoms with Crippen LogP contribution in [0.25, 0.3) is 0 Å². The van der Waals surface area contributed by atoms with Gasteiger partial charge < -0.3 is 14.8 Å². The standard InChI is InChI=1S/C14H16F3NO4/c1-3-21-12(20)13(22-4-2,14(15,16)17)18-11(19)10-8-6-5-7-9-10/h5-9H,3-4H2,1-2H3,(H,18,19)/t13-/m1/s1. The lowest BCUT2D eigenvalue weighted by Crippen LogP contribution is -2.66. The van der Waals surface area contributed by atoms with Gasteiger partial charge in [0.15, 0.2) is 0 Å². The van der Waals surface area contributed by atoms with Gasteiger partial charge in [0.2, 0.25) is 0 Å². The van der Waals surface area contributed by atoms with Crippen LogP contribution in [-0.4, -0.2) is 37.0 Å². The minimum atomic E-state index is -5.18. The van der Waals surface area contributed by atoms with Crippen LogP contribution >= 0.6 is 0 Å². The molecule has 1 atom stereocenters. The first-order chi connectivity index (χ1) is 10.3. The van der Waals surface area contributed by atoms with E-state index in [-0.39, 0.29) is 12.2 Å². The maximum Gasteiger partial charge on any atom is 0.448 e. The van der Waals surface area contributed by atoms with Crippen molar-refractivity contribution in [3.8, 4) is 0 Å². The molecule has 0 radical (unpaired) electrons. The molecule has 5 nitrogen and oxygen atoms in total. The van der Waals surface area contributed by atoms with Crippen LogP contribution in [0.5, 0.6) is 0 Å². The van der Waals surface area contributed by atoms with E-state index >= 15 is 0 Å². The van der Waals surface area contributed by atoms with E-state index in [1.54, 1.807) is 11.4 Å². The molecule has 0 aliphatic heterocycles. The largest absolute Gasteiger partial charge is 0.462 e. The first-order valence-corrected chi connectivity index (χ1v) is 6.54. The van der Waals surface area contributed by atoms with Gasteiger partial charge >= 0.3 is 17.9 Å². The van der Waals surface area contributed by atoms with Crippen molar-refractivity contribution in [3.05, 3.63) is 35.9 Å². The number of ether oxygens (including phenoxy) is 2. The molecule has 0 aliphatic rings. The average molecular weight is 319 g/mol. The number of esters is 1. The summed E-state index contributed by atoms with van der Waals surface area (Å²) in [5.41, 5.74) is -3.58. The van der Waals surface area contributed by atoms with Crippen molar-refractivity contribution < 1.29 is 32.2 Å². The van der Waals surface area contributed by atoms with E-state index in [4.69, 9.17) is 0 Å². The molecular weight excluding hydrogens is 303 g/mol. The Hall–Kier alpha value is -2.09. The third-order valence-corrected chi connectivity index (χ3v) is 2.65. The first-order valence-electron chi connectivity index (χ1n) is 6.54. The molecule has 1 N–H and O–H groups in total. The molecule has 0 spiro atoms. The fourth-order valence-corrected chi connectivity index (χ4v) is 1.69. The number of rotatable bonds is 6. The quantitative estimate of drug-likeness (QED) is 0.645. The topological polar surface area (TPSA) is 64.6 Å². The molecule has 0 saturated heterocycles. The summed E-state index contributed by atoms with van der Waals surface area (Å²) in [6, 6.07) is 7.19. The molecular formula is C14H16F3NO4. The van der Waals surface area contributed by atoms with Crippen LogP contribution in [0.3, 0.4) is 0 Å². The van der Waals surface area contributed by atoms with Crippen LogP contribution in [0.2, 0.25) is 0 Å². The van der Waals surface area contributed by atoms with Gasteiger partial charge in [0, 0.05) is 12.2 Å². The number of carbonyl (C=O) groups is 2. The maximum atomic E-state index is 13.4. The monoisotopic (exact) mass is 319 g/mol. The maximum absolute atomic E-state index is 13.4. The highest BCUT2D eigenvalue weighted by Gasteiger charge is 2.64. The van der Waals surface area contributed by atoms with Crippen molar-refractivity contribution in [2.75, 3.05) is 13.2 Å². The molecule has 0 unspecified atom stereocenters. The van der Waals surface area contributed by atoms with Crippen LogP contribution in [0.15, 0.2) is 30.3 Å². The number of hydrogen-bond donors (Lipinski definition) is 1. The van der Waals surface area contributed by atoms with Crippen molar-refractivity contribution in [3.63, 3.8) is 0 Å². The highest BCUT2D eigenvalue weighted by Crippen LogP contribution is 2.33. The van der Waals surface area contributed by atoms with Gasteiger partial charge in [-0.15, -0.1) is 0 Å². The Bertz CT molecular complexity index is 519. The lowest BCUT2D eigenvalue weighted by Gasteiger charge is -2.33. The number of nitrogens with one attached hydrogen (secondary N) is 1. The van der Waals surface area contributed by atoms with Gasteiger partial charge in [-0.05, 0) is 26.0 Å². The Balaban J connectivity index is 3.19. The molecule has 0 aliphatic carbocycles. The molecule has 0 fully saturated rings. The van der Waals surface area contributed by atoms with Gasteiger partial charge in [0.25, 0.3) is 5.91 Å². The Labute approximate surface area is 125 Å². The molecule has 8 heteroatoms. The van der Waals surface area contributed by atoms with Crippen LogP contribution in [0, 0.1) is 0 Å². The fraction of sp³-hybridized carbons (Fsp3) is 0.429. The zero-order valence-electron chi connectivity index (χ0n) is 12.1. The molecule has 22 heavy (non-hydrogen) atoms. The molecule has 0 bridgehead atoms. The highest BCUT2D eigenvalue weighted by molar-refractivity contribution is 5.98. The van der Waals surface area contributed by atoms with Crippen LogP contribution in [0.4, 0.5) is 13.2 Å².